The summed E-state index contributed by atoms with van der Waals surface area (Å²) in [5.74, 6) is -1.21. The fraction of sp³-hybridized carbons (Fsp3) is 0.556. The topological polar surface area (TPSA) is 101 Å². The van der Waals surface area contributed by atoms with Crippen molar-refractivity contribution in [2.45, 2.75) is 23.1 Å². The zero-order valence-electron chi connectivity index (χ0n) is 8.78. The minimum Gasteiger partial charge on any atom is -0.395 e. The number of halogens is 1. The maximum atomic E-state index is 13.2. The Bertz CT molecular complexity index is 481. The minimum atomic E-state index is -0.771. The summed E-state index contributed by atoms with van der Waals surface area (Å²) in [5.41, 5.74) is 4.51. The van der Waals surface area contributed by atoms with Gasteiger partial charge in [0.1, 0.15) is 0 Å². The molecule has 1 saturated heterocycles. The first-order chi connectivity index (χ1) is 8.02. The number of aromatic nitrogens is 2. The Morgan fingerprint density at radius 1 is 1.71 bits per heavy atom. The zero-order chi connectivity index (χ0) is 12.6. The zero-order valence-corrected chi connectivity index (χ0v) is 9.60. The van der Waals surface area contributed by atoms with Crippen molar-refractivity contribution in [1.29, 1.82) is 0 Å². The lowest BCUT2D eigenvalue weighted by Gasteiger charge is -2.12. The van der Waals surface area contributed by atoms with E-state index in [4.69, 9.17) is 10.8 Å². The molecule has 1 unspecified atom stereocenters. The second-order valence-corrected chi connectivity index (χ2v) is 5.20. The molecule has 6 nitrogen and oxygen atoms in total. The molecule has 4 N–H and O–H groups in total. The standard InChI is InChI=1S/C9H12FN3O3S/c10-4-2-13(9(16)12-8(4)11)7-1-5(15)6(3-14)17-7/h2,5-7,14-15H,1,3H2,(H2,11,12,16)/t5?,6-,7-/m1/s1. The largest absolute Gasteiger partial charge is 0.395 e. The molecule has 1 aromatic rings. The van der Waals surface area contributed by atoms with Gasteiger partial charge in [0.15, 0.2) is 11.6 Å². The van der Waals surface area contributed by atoms with Gasteiger partial charge in [0.25, 0.3) is 0 Å². The number of nitrogens with two attached hydrogens (primary N) is 1. The Morgan fingerprint density at radius 3 is 3.00 bits per heavy atom. The lowest BCUT2D eigenvalue weighted by Crippen LogP contribution is -2.26. The summed E-state index contributed by atoms with van der Waals surface area (Å²) in [7, 11) is 0. The molecule has 3 atom stereocenters. The van der Waals surface area contributed by atoms with Gasteiger partial charge in [-0.15, -0.1) is 11.8 Å². The normalized spacial score (nSPS) is 28.5. The summed E-state index contributed by atoms with van der Waals surface area (Å²) >= 11 is 1.22. The highest BCUT2D eigenvalue weighted by Gasteiger charge is 2.35. The molecular weight excluding hydrogens is 249 g/mol. The van der Waals surface area contributed by atoms with Crippen LogP contribution in [0.3, 0.4) is 0 Å². The van der Waals surface area contributed by atoms with Crippen LogP contribution in [0.2, 0.25) is 0 Å². The van der Waals surface area contributed by atoms with Crippen LogP contribution in [0.4, 0.5) is 10.2 Å². The molecule has 1 aromatic heterocycles. The molecule has 94 valence electrons. The molecule has 1 fully saturated rings. The van der Waals surface area contributed by atoms with Crippen LogP contribution in [-0.4, -0.2) is 37.7 Å². The van der Waals surface area contributed by atoms with Crippen molar-refractivity contribution in [1.82, 2.24) is 9.55 Å². The van der Waals surface area contributed by atoms with Crippen LogP contribution >= 0.6 is 11.8 Å². The van der Waals surface area contributed by atoms with Gasteiger partial charge in [-0.2, -0.15) is 4.98 Å². The average molecular weight is 261 g/mol. The van der Waals surface area contributed by atoms with Crippen molar-refractivity contribution in [3.63, 3.8) is 0 Å². The third kappa shape index (κ3) is 2.28. The van der Waals surface area contributed by atoms with Crippen molar-refractivity contribution in [2.75, 3.05) is 12.3 Å². The number of aliphatic hydroxyl groups is 2. The molecule has 17 heavy (non-hydrogen) atoms. The number of nitrogen functional groups attached to an aromatic ring is 1. The third-order valence-corrected chi connectivity index (χ3v) is 4.18. The van der Waals surface area contributed by atoms with Crippen molar-refractivity contribution in [2.24, 2.45) is 0 Å². The van der Waals surface area contributed by atoms with Gasteiger partial charge in [-0.25, -0.2) is 9.18 Å². The highest BCUT2D eigenvalue weighted by molar-refractivity contribution is 8.00. The highest BCUT2D eigenvalue weighted by Crippen LogP contribution is 2.40. The van der Waals surface area contributed by atoms with E-state index in [0.717, 1.165) is 10.8 Å². The van der Waals surface area contributed by atoms with Crippen LogP contribution in [-0.2, 0) is 0 Å². The van der Waals surface area contributed by atoms with E-state index in [1.165, 1.54) is 11.8 Å². The summed E-state index contributed by atoms with van der Waals surface area (Å²) in [6, 6.07) is 0. The van der Waals surface area contributed by atoms with Gasteiger partial charge in [0.2, 0.25) is 0 Å². The maximum absolute atomic E-state index is 13.2. The lowest BCUT2D eigenvalue weighted by molar-refractivity contribution is 0.137. The van der Waals surface area contributed by atoms with E-state index in [2.05, 4.69) is 4.98 Å². The quantitative estimate of drug-likeness (QED) is 0.652. The molecule has 1 aliphatic rings. The van der Waals surface area contributed by atoms with Gasteiger partial charge in [0, 0.05) is 12.6 Å². The Hall–Kier alpha value is -1.12. The second-order valence-electron chi connectivity index (χ2n) is 3.78. The van der Waals surface area contributed by atoms with Gasteiger partial charge in [-0.3, -0.25) is 4.57 Å². The predicted molar refractivity (Wildman–Crippen MR) is 61.0 cm³/mol. The van der Waals surface area contributed by atoms with Crippen LogP contribution in [0.5, 0.6) is 0 Å². The van der Waals surface area contributed by atoms with Crippen LogP contribution in [0.25, 0.3) is 0 Å². The summed E-state index contributed by atoms with van der Waals surface area (Å²) in [6.45, 7) is -0.192. The van der Waals surface area contributed by atoms with Gasteiger partial charge >= 0.3 is 5.69 Å². The van der Waals surface area contributed by atoms with Crippen molar-refractivity contribution >= 4 is 17.6 Å². The van der Waals surface area contributed by atoms with E-state index in [9.17, 15) is 14.3 Å². The SMILES string of the molecule is Nc1nc(=O)n([C@H]2CC(O)[C@@H](CO)S2)cc1F. The van der Waals surface area contributed by atoms with Crippen molar-refractivity contribution in [3.05, 3.63) is 22.5 Å². The van der Waals surface area contributed by atoms with Crippen LogP contribution in [0, 0.1) is 5.82 Å². The third-order valence-electron chi connectivity index (χ3n) is 2.63. The lowest BCUT2D eigenvalue weighted by atomic mass is 10.2. The van der Waals surface area contributed by atoms with Crippen molar-refractivity contribution in [3.8, 4) is 0 Å². The molecule has 2 rings (SSSR count). The minimum absolute atomic E-state index is 0.192. The van der Waals surface area contributed by atoms with E-state index in [0.29, 0.717) is 0 Å². The molecular formula is C9H12FN3O3S. The molecule has 0 amide bonds. The number of rotatable bonds is 2. The van der Waals surface area contributed by atoms with Gasteiger partial charge in [-0.1, -0.05) is 0 Å². The summed E-state index contributed by atoms with van der Waals surface area (Å²) in [5, 5.41) is 17.8. The first kappa shape index (κ1) is 12.3. The van der Waals surface area contributed by atoms with Gasteiger partial charge < -0.3 is 15.9 Å². The van der Waals surface area contributed by atoms with Gasteiger partial charge in [0.05, 0.1) is 23.3 Å². The molecule has 0 aliphatic carbocycles. The number of nitrogens with zero attached hydrogens (tertiary/aromatic N) is 2. The second kappa shape index (κ2) is 4.63. The van der Waals surface area contributed by atoms with Gasteiger partial charge in [-0.05, 0) is 0 Å². The van der Waals surface area contributed by atoms with E-state index in [1.807, 2.05) is 0 Å². The fourth-order valence-corrected chi connectivity index (χ4v) is 3.09. The summed E-state index contributed by atoms with van der Waals surface area (Å²) < 4.78 is 14.3. The first-order valence-electron chi connectivity index (χ1n) is 5.01. The number of hydrogen-bond acceptors (Lipinski definition) is 6. The molecule has 2 heterocycles. The average Bonchev–Trinajstić information content (AvgIpc) is 2.65. The van der Waals surface area contributed by atoms with Crippen LogP contribution < -0.4 is 11.4 Å². The Kier molecular flexibility index (Phi) is 3.36. The fourth-order valence-electron chi connectivity index (χ4n) is 1.71. The molecule has 0 aromatic carbocycles. The molecule has 8 heteroatoms. The Labute approximate surface area is 100 Å². The number of thioether (sulfide) groups is 1. The maximum Gasteiger partial charge on any atom is 0.350 e. The van der Waals surface area contributed by atoms with E-state index in [-0.39, 0.29) is 18.3 Å². The highest BCUT2D eigenvalue weighted by atomic mass is 32.2. The number of anilines is 1. The molecule has 1 aliphatic heterocycles. The number of hydrogen-bond donors (Lipinski definition) is 3. The Morgan fingerprint density at radius 2 is 2.41 bits per heavy atom. The van der Waals surface area contributed by atoms with E-state index < -0.39 is 28.8 Å². The van der Waals surface area contributed by atoms with E-state index >= 15 is 0 Å². The summed E-state index contributed by atoms with van der Waals surface area (Å²) in [4.78, 5) is 14.9. The summed E-state index contributed by atoms with van der Waals surface area (Å²) in [6.07, 6.45) is 0.526. The molecule has 0 radical (unpaired) electrons. The Balaban J connectivity index is 2.30. The molecule has 0 saturated carbocycles. The van der Waals surface area contributed by atoms with Crippen LogP contribution in [0.1, 0.15) is 11.8 Å². The predicted octanol–water partition coefficient (Wildman–Crippen LogP) is -0.678. The smallest absolute Gasteiger partial charge is 0.350 e. The first-order valence-corrected chi connectivity index (χ1v) is 5.95. The van der Waals surface area contributed by atoms with Crippen molar-refractivity contribution < 1.29 is 14.6 Å². The van der Waals surface area contributed by atoms with Crippen LogP contribution in [0.15, 0.2) is 11.0 Å². The monoisotopic (exact) mass is 261 g/mol. The van der Waals surface area contributed by atoms with E-state index in [1.54, 1.807) is 0 Å². The molecule has 0 bridgehead atoms. The number of aliphatic hydroxyl groups excluding tert-OH is 2. The molecule has 0 spiro atoms.